The molecule has 0 aliphatic carbocycles. The summed E-state index contributed by atoms with van der Waals surface area (Å²) in [6.07, 6.45) is -1.53. The molecule has 0 atom stereocenters. The van der Waals surface area contributed by atoms with Crippen molar-refractivity contribution in [2.45, 2.75) is 31.6 Å². The predicted octanol–water partition coefficient (Wildman–Crippen LogP) is 5.66. The summed E-state index contributed by atoms with van der Waals surface area (Å²) < 4.78 is 57.5. The van der Waals surface area contributed by atoms with Crippen LogP contribution in [-0.2, 0) is 17.5 Å². The van der Waals surface area contributed by atoms with Crippen LogP contribution < -0.4 is 0 Å². The Kier molecular flexibility index (Phi) is 8.56. The minimum atomic E-state index is -4.38. The number of halogens is 4. The Bertz CT molecular complexity index is 1180. The van der Waals surface area contributed by atoms with Crippen LogP contribution in [0.3, 0.4) is 0 Å². The Morgan fingerprint density at radius 1 is 1.03 bits per heavy atom. The van der Waals surface area contributed by atoms with Gasteiger partial charge in [0, 0.05) is 57.2 Å². The van der Waals surface area contributed by atoms with Gasteiger partial charge < -0.3 is 14.5 Å². The molecule has 1 amide bonds. The van der Waals surface area contributed by atoms with Gasteiger partial charge in [0.25, 0.3) is 5.91 Å². The van der Waals surface area contributed by atoms with E-state index >= 15 is 0 Å². The average Bonchev–Trinajstić information content (AvgIpc) is 2.90. The summed E-state index contributed by atoms with van der Waals surface area (Å²) in [4.78, 5) is 21.1. The molecule has 0 bridgehead atoms. The van der Waals surface area contributed by atoms with Crippen LogP contribution in [0.15, 0.2) is 66.9 Å². The molecule has 0 radical (unpaired) electrons. The molecule has 1 aliphatic rings. The van der Waals surface area contributed by atoms with Gasteiger partial charge in [-0.3, -0.25) is 4.79 Å². The number of alkyl halides is 3. The number of ether oxygens (including phenoxy) is 1. The topological polar surface area (TPSA) is 45.7 Å². The van der Waals surface area contributed by atoms with Gasteiger partial charge in [0.1, 0.15) is 0 Å². The van der Waals surface area contributed by atoms with Gasteiger partial charge in [-0.1, -0.05) is 36.4 Å². The van der Waals surface area contributed by atoms with E-state index in [1.165, 1.54) is 24.4 Å². The molecular formula is C28H29F4N3O2. The zero-order valence-electron chi connectivity index (χ0n) is 20.5. The van der Waals surface area contributed by atoms with Crippen molar-refractivity contribution >= 4 is 5.91 Å². The van der Waals surface area contributed by atoms with Crippen LogP contribution in [0.25, 0.3) is 11.1 Å². The van der Waals surface area contributed by atoms with Crippen molar-refractivity contribution in [3.8, 4) is 11.1 Å². The maximum atomic E-state index is 13.8. The van der Waals surface area contributed by atoms with Crippen molar-refractivity contribution in [2.75, 3.05) is 33.4 Å². The van der Waals surface area contributed by atoms with E-state index in [2.05, 4.69) is 9.88 Å². The minimum Gasteiger partial charge on any atom is -0.383 e. The Balaban J connectivity index is 1.51. The number of rotatable bonds is 8. The van der Waals surface area contributed by atoms with Crippen molar-refractivity contribution in [1.29, 1.82) is 0 Å². The summed E-state index contributed by atoms with van der Waals surface area (Å²) in [5.41, 5.74) is 1.88. The van der Waals surface area contributed by atoms with Crippen LogP contribution >= 0.6 is 0 Å². The van der Waals surface area contributed by atoms with E-state index in [1.54, 1.807) is 12.0 Å². The molecular weight excluding hydrogens is 486 g/mol. The van der Waals surface area contributed by atoms with Crippen molar-refractivity contribution in [3.05, 3.63) is 89.5 Å². The first kappa shape index (κ1) is 26.8. The number of aromatic nitrogens is 1. The molecule has 5 nitrogen and oxygen atoms in total. The quantitative estimate of drug-likeness (QED) is 0.287. The number of methoxy groups -OCH3 is 1. The number of benzene rings is 2. The first-order valence-corrected chi connectivity index (χ1v) is 12.1. The lowest BCUT2D eigenvalue weighted by molar-refractivity contribution is -0.137. The molecule has 2 aromatic carbocycles. The zero-order valence-corrected chi connectivity index (χ0v) is 20.5. The maximum absolute atomic E-state index is 13.8. The highest BCUT2D eigenvalue weighted by Crippen LogP contribution is 2.31. The molecule has 0 N–H and O–H groups in total. The summed E-state index contributed by atoms with van der Waals surface area (Å²) in [6.45, 7) is 3.47. The molecule has 9 heteroatoms. The molecule has 4 rings (SSSR count). The van der Waals surface area contributed by atoms with Gasteiger partial charge in [0.15, 0.2) is 0 Å². The van der Waals surface area contributed by atoms with Crippen LogP contribution in [0.2, 0.25) is 0 Å². The molecule has 2 heterocycles. The number of piperidine rings is 1. The lowest BCUT2D eigenvalue weighted by Gasteiger charge is -2.38. The number of nitrogens with zero attached hydrogens (tertiary/aromatic N) is 3. The second kappa shape index (κ2) is 11.8. The molecule has 1 fully saturated rings. The fraction of sp³-hybridized carbons (Fsp3) is 0.357. The van der Waals surface area contributed by atoms with E-state index in [-0.39, 0.29) is 17.5 Å². The summed E-state index contributed by atoms with van der Waals surface area (Å²) in [5.74, 6) is -0.968. The van der Waals surface area contributed by atoms with E-state index in [0.717, 1.165) is 61.8 Å². The molecule has 1 aliphatic heterocycles. The van der Waals surface area contributed by atoms with Gasteiger partial charge >= 0.3 is 6.18 Å². The molecule has 196 valence electrons. The maximum Gasteiger partial charge on any atom is 0.416 e. The summed E-state index contributed by atoms with van der Waals surface area (Å²) in [5, 5.41) is 0. The smallest absolute Gasteiger partial charge is 0.383 e. The number of amides is 1. The first-order chi connectivity index (χ1) is 17.7. The second-order valence-electron chi connectivity index (χ2n) is 9.14. The SMILES string of the molecule is COCCN1CCC(N(Cc2ccc(-c3ccc(C(F)(F)F)cc3)cc2)C(=O)c2ccnc(F)c2)CC1. The Morgan fingerprint density at radius 2 is 1.65 bits per heavy atom. The molecule has 1 saturated heterocycles. The zero-order chi connectivity index (χ0) is 26.4. The third-order valence-corrected chi connectivity index (χ3v) is 6.70. The molecule has 1 aromatic heterocycles. The van der Waals surface area contributed by atoms with Crippen LogP contribution in [0, 0.1) is 5.95 Å². The van der Waals surface area contributed by atoms with E-state index in [1.807, 2.05) is 24.3 Å². The van der Waals surface area contributed by atoms with E-state index < -0.39 is 17.7 Å². The summed E-state index contributed by atoms with van der Waals surface area (Å²) >= 11 is 0. The number of hydrogen-bond donors (Lipinski definition) is 0. The minimum absolute atomic E-state index is 0.0166. The van der Waals surface area contributed by atoms with Crippen molar-refractivity contribution in [1.82, 2.24) is 14.8 Å². The van der Waals surface area contributed by atoms with Gasteiger partial charge in [-0.05, 0) is 47.7 Å². The van der Waals surface area contributed by atoms with Gasteiger partial charge in [0.2, 0.25) is 5.95 Å². The van der Waals surface area contributed by atoms with Gasteiger partial charge in [-0.2, -0.15) is 17.6 Å². The van der Waals surface area contributed by atoms with E-state index in [4.69, 9.17) is 4.74 Å². The van der Waals surface area contributed by atoms with Crippen LogP contribution in [0.4, 0.5) is 17.6 Å². The van der Waals surface area contributed by atoms with Crippen LogP contribution in [0.1, 0.15) is 34.3 Å². The lowest BCUT2D eigenvalue weighted by atomic mass is 9.99. The molecule has 3 aromatic rings. The van der Waals surface area contributed by atoms with E-state index in [9.17, 15) is 22.4 Å². The number of pyridine rings is 1. The Morgan fingerprint density at radius 3 is 2.22 bits per heavy atom. The third kappa shape index (κ3) is 6.93. The highest BCUT2D eigenvalue weighted by atomic mass is 19.4. The Hall–Kier alpha value is -3.30. The standard InChI is InChI=1S/C28H29F4N3O2/c1-37-17-16-34-14-11-25(12-15-34)35(27(36)23-10-13-33-26(29)18-23)19-20-2-4-21(5-3-20)22-6-8-24(9-7-22)28(30,31)32/h2-10,13,18,25H,11-12,14-17,19H2,1H3. The molecule has 0 spiro atoms. The largest absolute Gasteiger partial charge is 0.416 e. The monoisotopic (exact) mass is 515 g/mol. The highest BCUT2D eigenvalue weighted by Gasteiger charge is 2.30. The fourth-order valence-electron chi connectivity index (χ4n) is 4.59. The molecule has 0 saturated carbocycles. The highest BCUT2D eigenvalue weighted by molar-refractivity contribution is 5.94. The second-order valence-corrected chi connectivity index (χ2v) is 9.14. The van der Waals surface area contributed by atoms with Crippen LogP contribution in [-0.4, -0.2) is 60.1 Å². The lowest BCUT2D eigenvalue weighted by Crippen LogP contribution is -2.47. The third-order valence-electron chi connectivity index (χ3n) is 6.70. The van der Waals surface area contributed by atoms with E-state index in [0.29, 0.717) is 18.7 Å². The summed E-state index contributed by atoms with van der Waals surface area (Å²) in [6, 6.07) is 15.1. The Labute approximate surface area is 213 Å². The normalized spacial score (nSPS) is 15.1. The summed E-state index contributed by atoms with van der Waals surface area (Å²) in [7, 11) is 1.67. The van der Waals surface area contributed by atoms with Crippen LogP contribution in [0.5, 0.6) is 0 Å². The predicted molar refractivity (Wildman–Crippen MR) is 132 cm³/mol. The fourth-order valence-corrected chi connectivity index (χ4v) is 4.59. The number of hydrogen-bond acceptors (Lipinski definition) is 4. The van der Waals surface area contributed by atoms with Crippen molar-refractivity contribution in [3.63, 3.8) is 0 Å². The van der Waals surface area contributed by atoms with Gasteiger partial charge in [-0.25, -0.2) is 4.98 Å². The van der Waals surface area contributed by atoms with Crippen molar-refractivity contribution < 1.29 is 27.1 Å². The number of carbonyl (C=O) groups excluding carboxylic acids is 1. The molecule has 0 unspecified atom stereocenters. The number of carbonyl (C=O) groups is 1. The number of likely N-dealkylation sites (tertiary alicyclic amines) is 1. The van der Waals surface area contributed by atoms with Crippen molar-refractivity contribution in [2.24, 2.45) is 0 Å². The van der Waals surface area contributed by atoms with Gasteiger partial charge in [0.05, 0.1) is 12.2 Å². The average molecular weight is 516 g/mol. The van der Waals surface area contributed by atoms with Gasteiger partial charge in [-0.15, -0.1) is 0 Å². The molecule has 37 heavy (non-hydrogen) atoms. The first-order valence-electron chi connectivity index (χ1n) is 12.1.